The Balaban J connectivity index is 1.77. The lowest BCUT2D eigenvalue weighted by Gasteiger charge is -2.39. The highest BCUT2D eigenvalue weighted by Crippen LogP contribution is 2.20. The quantitative estimate of drug-likeness (QED) is 0.765. The molecule has 0 saturated carbocycles. The van der Waals surface area contributed by atoms with E-state index in [1.165, 1.54) is 0 Å². The number of piperazine rings is 1. The first-order chi connectivity index (χ1) is 14.0. The molecule has 1 aliphatic rings. The molecule has 1 saturated heterocycles. The summed E-state index contributed by atoms with van der Waals surface area (Å²) in [6, 6.07) is 17.6. The van der Waals surface area contributed by atoms with Gasteiger partial charge in [-0.3, -0.25) is 14.6 Å². The highest BCUT2D eigenvalue weighted by molar-refractivity contribution is 5.97. The molecule has 0 atom stereocenters. The largest absolute Gasteiger partial charge is 0.324 e. The highest BCUT2D eigenvalue weighted by Gasteiger charge is 2.27. The minimum Gasteiger partial charge on any atom is -0.324 e. The van der Waals surface area contributed by atoms with Crippen LogP contribution >= 0.6 is 0 Å². The van der Waals surface area contributed by atoms with Gasteiger partial charge >= 0.3 is 6.03 Å². The van der Waals surface area contributed by atoms with E-state index < -0.39 is 0 Å². The Morgan fingerprint density at radius 3 is 2.14 bits per heavy atom. The zero-order chi connectivity index (χ0) is 20.8. The average molecular weight is 395 g/mol. The lowest BCUT2D eigenvalue weighted by molar-refractivity contribution is 0.100. The molecule has 6 nitrogen and oxygen atoms in total. The third-order valence-corrected chi connectivity index (χ3v) is 5.42. The number of benzene rings is 2. The van der Waals surface area contributed by atoms with Gasteiger partial charge in [0.25, 0.3) is 0 Å². The first-order valence-electron chi connectivity index (χ1n) is 10.2. The predicted octanol–water partition coefficient (Wildman–Crippen LogP) is 2.98. The van der Waals surface area contributed by atoms with Gasteiger partial charge in [0.2, 0.25) is 0 Å². The van der Waals surface area contributed by atoms with Crippen LogP contribution in [0, 0.1) is 0 Å². The molecule has 3 rings (SSSR count). The number of para-hydroxylation sites is 1. The van der Waals surface area contributed by atoms with E-state index in [1.54, 1.807) is 12.1 Å². The lowest BCUT2D eigenvalue weighted by atomic mass is 10.1. The Morgan fingerprint density at radius 1 is 0.966 bits per heavy atom. The molecule has 0 unspecified atom stereocenters. The summed E-state index contributed by atoms with van der Waals surface area (Å²) in [6.45, 7) is 8.05. The van der Waals surface area contributed by atoms with Crippen LogP contribution < -0.4 is 10.6 Å². The molecule has 0 aromatic heterocycles. The van der Waals surface area contributed by atoms with Crippen LogP contribution in [-0.4, -0.2) is 60.4 Å². The molecule has 2 amide bonds. The third-order valence-electron chi connectivity index (χ3n) is 5.42. The Bertz CT molecular complexity index is 813. The lowest BCUT2D eigenvalue weighted by Crippen LogP contribution is -2.54. The van der Waals surface area contributed by atoms with E-state index in [0.717, 1.165) is 37.4 Å². The Labute approximate surface area is 172 Å². The van der Waals surface area contributed by atoms with Crippen LogP contribution in [0.1, 0.15) is 29.8 Å². The Hall–Kier alpha value is -2.70. The van der Waals surface area contributed by atoms with Gasteiger partial charge < -0.3 is 10.6 Å². The monoisotopic (exact) mass is 394 g/mol. The molecule has 2 aromatic rings. The van der Waals surface area contributed by atoms with E-state index in [9.17, 15) is 9.59 Å². The van der Waals surface area contributed by atoms with Crippen LogP contribution in [-0.2, 0) is 6.54 Å². The van der Waals surface area contributed by atoms with Crippen molar-refractivity contribution in [3.63, 3.8) is 0 Å². The summed E-state index contributed by atoms with van der Waals surface area (Å²) in [7, 11) is 0. The van der Waals surface area contributed by atoms with E-state index in [0.29, 0.717) is 18.2 Å². The van der Waals surface area contributed by atoms with Crippen molar-refractivity contribution in [1.29, 1.82) is 0 Å². The molecule has 2 aromatic carbocycles. The van der Waals surface area contributed by atoms with Crippen LogP contribution in [0.5, 0.6) is 0 Å². The number of rotatable bonds is 6. The zero-order valence-electron chi connectivity index (χ0n) is 17.3. The molecule has 2 N–H and O–H groups in total. The molecule has 1 aliphatic heterocycles. The van der Waals surface area contributed by atoms with Crippen LogP contribution in [0.15, 0.2) is 54.6 Å². The smallest absolute Gasteiger partial charge is 0.324 e. The maximum Gasteiger partial charge on any atom is 0.324 e. The maximum atomic E-state index is 13.4. The van der Waals surface area contributed by atoms with Crippen LogP contribution in [0.25, 0.3) is 0 Å². The fraction of sp³-hybridized carbons (Fsp3) is 0.391. The number of Topliss-reactive ketones (excluding diaryl/α,β-unsaturated/α-hetero) is 1. The number of amides is 2. The third kappa shape index (κ3) is 5.22. The molecule has 0 radical (unpaired) electrons. The minimum atomic E-state index is -0.0874. The highest BCUT2D eigenvalue weighted by atomic mass is 16.2. The topological polar surface area (TPSA) is 69.9 Å². The molecule has 0 bridgehead atoms. The van der Waals surface area contributed by atoms with Crippen molar-refractivity contribution in [2.45, 2.75) is 26.4 Å². The van der Waals surface area contributed by atoms with Gasteiger partial charge in [-0.1, -0.05) is 42.5 Å². The van der Waals surface area contributed by atoms with Gasteiger partial charge in [-0.05, 0) is 31.5 Å². The van der Waals surface area contributed by atoms with Gasteiger partial charge in [-0.25, -0.2) is 4.79 Å². The molecular weight excluding hydrogens is 364 g/mol. The van der Waals surface area contributed by atoms with E-state index in [4.69, 9.17) is 5.73 Å². The zero-order valence-corrected chi connectivity index (χ0v) is 17.3. The number of nitrogens with two attached hydrogens (primary N) is 1. The van der Waals surface area contributed by atoms with Gasteiger partial charge in [-0.15, -0.1) is 0 Å². The normalized spacial score (nSPS) is 14.8. The molecule has 6 heteroatoms. The first-order valence-corrected chi connectivity index (χ1v) is 10.2. The molecule has 29 heavy (non-hydrogen) atoms. The summed E-state index contributed by atoms with van der Waals surface area (Å²) in [4.78, 5) is 31.3. The minimum absolute atomic E-state index is 0.00364. The summed E-state index contributed by atoms with van der Waals surface area (Å²) in [5.74, 6) is -0.0874. The SMILES string of the molecule is CC(C)N1CCN(C(=O)N(Cc2ccc(C(=O)CN)cc2)c2ccccc2)CC1. The second-order valence-electron chi connectivity index (χ2n) is 7.65. The van der Waals surface area contributed by atoms with E-state index in [2.05, 4.69) is 18.7 Å². The summed E-state index contributed by atoms with van der Waals surface area (Å²) in [5, 5.41) is 0. The average Bonchev–Trinajstić information content (AvgIpc) is 2.77. The number of carbonyl (C=O) groups excluding carboxylic acids is 2. The molecule has 1 fully saturated rings. The second kappa shape index (κ2) is 9.67. The molecular formula is C23H30N4O2. The van der Waals surface area contributed by atoms with Crippen LogP contribution in [0.3, 0.4) is 0 Å². The number of nitrogens with zero attached hydrogens (tertiary/aromatic N) is 3. The molecule has 1 heterocycles. The van der Waals surface area contributed by atoms with Crippen molar-refractivity contribution in [2.75, 3.05) is 37.6 Å². The van der Waals surface area contributed by atoms with Crippen molar-refractivity contribution in [3.05, 3.63) is 65.7 Å². The van der Waals surface area contributed by atoms with Gasteiger partial charge in [0.1, 0.15) is 0 Å². The number of anilines is 1. The van der Waals surface area contributed by atoms with Crippen molar-refractivity contribution < 1.29 is 9.59 Å². The number of hydrogen-bond acceptors (Lipinski definition) is 4. The summed E-state index contributed by atoms with van der Waals surface area (Å²) < 4.78 is 0. The Morgan fingerprint density at radius 2 is 1.59 bits per heavy atom. The van der Waals surface area contributed by atoms with Gasteiger partial charge in [0.05, 0.1) is 13.1 Å². The maximum absolute atomic E-state index is 13.4. The molecule has 0 spiro atoms. The van der Waals surface area contributed by atoms with Crippen molar-refractivity contribution >= 4 is 17.5 Å². The van der Waals surface area contributed by atoms with E-state index in [1.807, 2.05) is 52.3 Å². The first kappa shape index (κ1) is 21.0. The van der Waals surface area contributed by atoms with E-state index in [-0.39, 0.29) is 18.4 Å². The van der Waals surface area contributed by atoms with Crippen molar-refractivity contribution in [3.8, 4) is 0 Å². The number of hydrogen-bond donors (Lipinski definition) is 1. The second-order valence-corrected chi connectivity index (χ2v) is 7.65. The number of carbonyl (C=O) groups is 2. The predicted molar refractivity (Wildman–Crippen MR) is 116 cm³/mol. The molecule has 154 valence electrons. The van der Waals surface area contributed by atoms with Crippen molar-refractivity contribution in [2.24, 2.45) is 5.73 Å². The molecule has 0 aliphatic carbocycles. The number of ketones is 1. The van der Waals surface area contributed by atoms with Crippen LogP contribution in [0.2, 0.25) is 0 Å². The van der Waals surface area contributed by atoms with Gasteiger partial charge in [0.15, 0.2) is 5.78 Å². The van der Waals surface area contributed by atoms with Gasteiger partial charge in [-0.2, -0.15) is 0 Å². The standard InChI is InChI=1S/C23H30N4O2/c1-18(2)25-12-14-26(15-13-25)23(29)27(21-6-4-3-5-7-21)17-19-8-10-20(11-9-19)22(28)16-24/h3-11,18H,12-17,24H2,1-2H3. The van der Waals surface area contributed by atoms with E-state index >= 15 is 0 Å². The fourth-order valence-corrected chi connectivity index (χ4v) is 3.57. The summed E-state index contributed by atoms with van der Waals surface area (Å²) in [6.07, 6.45) is 0. The summed E-state index contributed by atoms with van der Waals surface area (Å²) in [5.41, 5.74) is 7.87. The van der Waals surface area contributed by atoms with Gasteiger partial charge in [0, 0.05) is 43.5 Å². The Kier molecular flexibility index (Phi) is 7.01. The number of urea groups is 1. The fourth-order valence-electron chi connectivity index (χ4n) is 3.57. The van der Waals surface area contributed by atoms with Crippen LogP contribution in [0.4, 0.5) is 10.5 Å². The van der Waals surface area contributed by atoms with Crippen molar-refractivity contribution in [1.82, 2.24) is 9.80 Å². The summed E-state index contributed by atoms with van der Waals surface area (Å²) >= 11 is 0.